The van der Waals surface area contributed by atoms with Crippen LogP contribution in [-0.4, -0.2) is 5.11 Å². The fourth-order valence-electron chi connectivity index (χ4n) is 1.67. The summed E-state index contributed by atoms with van der Waals surface area (Å²) in [5.41, 5.74) is 2.26. The molecule has 1 atom stereocenters. The van der Waals surface area contributed by atoms with Crippen LogP contribution in [0.2, 0.25) is 0 Å². The molecule has 0 radical (unpaired) electrons. The van der Waals surface area contributed by atoms with Crippen LogP contribution in [0.15, 0.2) is 48.5 Å². The molecule has 0 saturated heterocycles. The quantitative estimate of drug-likeness (QED) is 0.823. The summed E-state index contributed by atoms with van der Waals surface area (Å²) in [7, 11) is 0. The first-order chi connectivity index (χ1) is 8.15. The van der Waals surface area contributed by atoms with Crippen LogP contribution in [0.1, 0.15) is 18.5 Å². The highest BCUT2D eigenvalue weighted by Crippen LogP contribution is 2.22. The molecule has 17 heavy (non-hydrogen) atoms. The molecule has 2 N–H and O–H groups in total. The van der Waals surface area contributed by atoms with Crippen molar-refractivity contribution in [3.05, 3.63) is 57.7 Å². The molecule has 2 nitrogen and oxygen atoms in total. The third-order valence-corrected chi connectivity index (χ3v) is 3.27. The Hall–Kier alpha value is -1.23. The number of hydrogen-bond donors (Lipinski definition) is 2. The number of hydrogen-bond acceptors (Lipinski definition) is 2. The number of nitrogens with one attached hydrogen (secondary N) is 1. The lowest BCUT2D eigenvalue weighted by Gasteiger charge is -2.16. The predicted molar refractivity (Wildman–Crippen MR) is 79.3 cm³/mol. The van der Waals surface area contributed by atoms with E-state index in [1.54, 1.807) is 12.1 Å². The second-order valence-electron chi connectivity index (χ2n) is 3.97. The average molecular weight is 339 g/mol. The number of aromatic hydroxyl groups is 1. The van der Waals surface area contributed by atoms with E-state index < -0.39 is 0 Å². The maximum atomic E-state index is 9.24. The minimum absolute atomic E-state index is 0.216. The van der Waals surface area contributed by atoms with E-state index in [2.05, 4.69) is 53.0 Å². The van der Waals surface area contributed by atoms with Gasteiger partial charge < -0.3 is 10.4 Å². The molecular formula is C14H14INO. The van der Waals surface area contributed by atoms with E-state index >= 15 is 0 Å². The van der Waals surface area contributed by atoms with Crippen LogP contribution in [0.25, 0.3) is 0 Å². The molecule has 0 amide bonds. The van der Waals surface area contributed by atoms with Gasteiger partial charge in [-0.2, -0.15) is 0 Å². The standard InChI is InChI=1S/C14H14INO/c1-10(11-5-7-14(17)8-6-11)16-13-4-2-3-12(15)9-13/h2-10,16-17H,1H3. The van der Waals surface area contributed by atoms with E-state index in [4.69, 9.17) is 0 Å². The first-order valence-electron chi connectivity index (χ1n) is 5.46. The van der Waals surface area contributed by atoms with Crippen molar-refractivity contribution < 1.29 is 5.11 Å². The van der Waals surface area contributed by atoms with Gasteiger partial charge in [-0.3, -0.25) is 0 Å². The number of rotatable bonds is 3. The molecule has 1 unspecified atom stereocenters. The third-order valence-electron chi connectivity index (χ3n) is 2.60. The van der Waals surface area contributed by atoms with Gasteiger partial charge in [-0.1, -0.05) is 18.2 Å². The Morgan fingerprint density at radius 3 is 2.47 bits per heavy atom. The Morgan fingerprint density at radius 2 is 1.82 bits per heavy atom. The lowest BCUT2D eigenvalue weighted by Crippen LogP contribution is -2.06. The zero-order valence-electron chi connectivity index (χ0n) is 9.52. The molecule has 0 aliphatic carbocycles. The van der Waals surface area contributed by atoms with Crippen molar-refractivity contribution in [2.75, 3.05) is 5.32 Å². The van der Waals surface area contributed by atoms with Crippen molar-refractivity contribution in [2.45, 2.75) is 13.0 Å². The Labute approximate surface area is 115 Å². The smallest absolute Gasteiger partial charge is 0.115 e. The first kappa shape index (κ1) is 12.2. The van der Waals surface area contributed by atoms with Gasteiger partial charge in [-0.05, 0) is 65.4 Å². The van der Waals surface area contributed by atoms with Crippen molar-refractivity contribution in [1.82, 2.24) is 0 Å². The third kappa shape index (κ3) is 3.36. The molecule has 2 aromatic carbocycles. The van der Waals surface area contributed by atoms with E-state index in [0.717, 1.165) is 11.3 Å². The zero-order valence-corrected chi connectivity index (χ0v) is 11.7. The average Bonchev–Trinajstić information content (AvgIpc) is 2.29. The molecule has 0 aliphatic heterocycles. The normalized spacial score (nSPS) is 12.1. The molecule has 0 fully saturated rings. The summed E-state index contributed by atoms with van der Waals surface area (Å²) in [4.78, 5) is 0. The Morgan fingerprint density at radius 1 is 1.12 bits per heavy atom. The lowest BCUT2D eigenvalue weighted by atomic mass is 10.1. The fourth-order valence-corrected chi connectivity index (χ4v) is 2.22. The van der Waals surface area contributed by atoms with E-state index in [1.165, 1.54) is 3.57 Å². The minimum Gasteiger partial charge on any atom is -0.508 e. The van der Waals surface area contributed by atoms with Crippen molar-refractivity contribution in [1.29, 1.82) is 0 Å². The summed E-state index contributed by atoms with van der Waals surface area (Å²) >= 11 is 2.30. The molecule has 2 aromatic rings. The molecule has 0 bridgehead atoms. The molecule has 0 aliphatic rings. The molecular weight excluding hydrogens is 325 g/mol. The predicted octanol–water partition coefficient (Wildman–Crippen LogP) is 4.17. The van der Waals surface area contributed by atoms with Crippen molar-refractivity contribution in [3.8, 4) is 5.75 Å². The summed E-state index contributed by atoms with van der Waals surface area (Å²) in [6.45, 7) is 2.10. The SMILES string of the molecule is CC(Nc1cccc(I)c1)c1ccc(O)cc1. The molecule has 2 rings (SSSR count). The maximum absolute atomic E-state index is 9.24. The van der Waals surface area contributed by atoms with Gasteiger partial charge in [-0.15, -0.1) is 0 Å². The second kappa shape index (κ2) is 5.40. The van der Waals surface area contributed by atoms with E-state index in [0.29, 0.717) is 5.75 Å². The van der Waals surface area contributed by atoms with Crippen LogP contribution in [-0.2, 0) is 0 Å². The topological polar surface area (TPSA) is 32.3 Å². The summed E-state index contributed by atoms with van der Waals surface area (Å²) in [6.07, 6.45) is 0. The number of halogens is 1. The van der Waals surface area contributed by atoms with Crippen LogP contribution in [0.4, 0.5) is 5.69 Å². The zero-order chi connectivity index (χ0) is 12.3. The number of anilines is 1. The maximum Gasteiger partial charge on any atom is 0.115 e. The molecule has 0 spiro atoms. The highest BCUT2D eigenvalue weighted by atomic mass is 127. The summed E-state index contributed by atoms with van der Waals surface area (Å²) < 4.78 is 1.21. The fraction of sp³-hybridized carbons (Fsp3) is 0.143. The number of phenols is 1. The highest BCUT2D eigenvalue weighted by Gasteiger charge is 2.05. The Balaban J connectivity index is 2.11. The minimum atomic E-state index is 0.216. The van der Waals surface area contributed by atoms with Crippen LogP contribution in [0, 0.1) is 3.57 Å². The van der Waals surface area contributed by atoms with Crippen LogP contribution < -0.4 is 5.32 Å². The summed E-state index contributed by atoms with van der Waals surface area (Å²) in [5.74, 6) is 0.301. The van der Waals surface area contributed by atoms with Crippen LogP contribution in [0.3, 0.4) is 0 Å². The number of benzene rings is 2. The first-order valence-corrected chi connectivity index (χ1v) is 6.54. The molecule has 3 heteroatoms. The molecule has 0 saturated carbocycles. The largest absolute Gasteiger partial charge is 0.508 e. The Kier molecular flexibility index (Phi) is 3.89. The second-order valence-corrected chi connectivity index (χ2v) is 5.21. The van der Waals surface area contributed by atoms with Gasteiger partial charge in [0.25, 0.3) is 0 Å². The van der Waals surface area contributed by atoms with Crippen molar-refractivity contribution >= 4 is 28.3 Å². The van der Waals surface area contributed by atoms with E-state index in [1.807, 2.05) is 18.2 Å². The molecule has 0 heterocycles. The summed E-state index contributed by atoms with van der Waals surface area (Å²) in [6, 6.07) is 15.8. The highest BCUT2D eigenvalue weighted by molar-refractivity contribution is 14.1. The molecule has 0 aromatic heterocycles. The van der Waals surface area contributed by atoms with Gasteiger partial charge in [-0.25, -0.2) is 0 Å². The van der Waals surface area contributed by atoms with Crippen LogP contribution in [0.5, 0.6) is 5.75 Å². The van der Waals surface area contributed by atoms with E-state index in [-0.39, 0.29) is 6.04 Å². The molecule has 88 valence electrons. The van der Waals surface area contributed by atoms with Gasteiger partial charge in [0.05, 0.1) is 0 Å². The summed E-state index contributed by atoms with van der Waals surface area (Å²) in [5, 5.41) is 12.7. The van der Waals surface area contributed by atoms with Gasteiger partial charge in [0.1, 0.15) is 5.75 Å². The van der Waals surface area contributed by atoms with Gasteiger partial charge in [0.2, 0.25) is 0 Å². The van der Waals surface area contributed by atoms with Gasteiger partial charge in [0.15, 0.2) is 0 Å². The lowest BCUT2D eigenvalue weighted by molar-refractivity contribution is 0.475. The van der Waals surface area contributed by atoms with Crippen molar-refractivity contribution in [2.24, 2.45) is 0 Å². The Bertz CT molecular complexity index is 496. The monoisotopic (exact) mass is 339 g/mol. The van der Waals surface area contributed by atoms with Gasteiger partial charge in [0, 0.05) is 15.3 Å². The van der Waals surface area contributed by atoms with Crippen molar-refractivity contribution in [3.63, 3.8) is 0 Å². The van der Waals surface area contributed by atoms with E-state index in [9.17, 15) is 5.11 Å². The van der Waals surface area contributed by atoms with Crippen LogP contribution >= 0.6 is 22.6 Å². The van der Waals surface area contributed by atoms with Gasteiger partial charge >= 0.3 is 0 Å². The number of phenolic OH excluding ortho intramolecular Hbond substituents is 1.